The molecule has 1 aliphatic rings. The second-order valence-corrected chi connectivity index (χ2v) is 7.73. The Balaban J connectivity index is 1.30. The predicted octanol–water partition coefficient (Wildman–Crippen LogP) is 4.01. The van der Waals surface area contributed by atoms with Gasteiger partial charge in [-0.05, 0) is 49.2 Å². The number of carbonyl (C=O) groups is 2. The fraction of sp³-hybridized carbons (Fsp3) is 0.292. The molecule has 8 heteroatoms. The number of nitrogens with zero attached hydrogens (tertiary/aromatic N) is 4. The lowest BCUT2D eigenvalue weighted by molar-refractivity contribution is -0.122. The zero-order chi connectivity index (χ0) is 22.3. The Bertz CT molecular complexity index is 1110. The lowest BCUT2D eigenvalue weighted by atomic mass is 10.2. The van der Waals surface area contributed by atoms with Crippen LogP contribution in [-0.2, 0) is 9.59 Å². The summed E-state index contributed by atoms with van der Waals surface area (Å²) in [5.74, 6) is 1.66. The van der Waals surface area contributed by atoms with Crippen molar-refractivity contribution in [1.82, 2.24) is 15.2 Å². The van der Waals surface area contributed by atoms with Crippen molar-refractivity contribution >= 4 is 23.2 Å². The third kappa shape index (κ3) is 5.38. The van der Waals surface area contributed by atoms with Crippen molar-refractivity contribution in [2.24, 2.45) is 0 Å². The van der Waals surface area contributed by atoms with E-state index in [2.05, 4.69) is 26.6 Å². The fourth-order valence-corrected chi connectivity index (χ4v) is 3.39. The first kappa shape index (κ1) is 21.2. The van der Waals surface area contributed by atoms with E-state index in [1.807, 2.05) is 42.5 Å². The van der Waals surface area contributed by atoms with Crippen LogP contribution >= 0.6 is 0 Å². The van der Waals surface area contributed by atoms with E-state index in [-0.39, 0.29) is 31.1 Å². The molecule has 0 spiro atoms. The SMILES string of the molecule is N#CCCN(C(=O)CCC(=O)Nc1ccc(-c2n[nH]c(C3CC3)n2)cc1)c1ccccc1. The number of benzene rings is 2. The molecule has 1 fully saturated rings. The summed E-state index contributed by atoms with van der Waals surface area (Å²) in [4.78, 5) is 31.1. The molecule has 8 nitrogen and oxygen atoms in total. The Kier molecular flexibility index (Phi) is 6.56. The van der Waals surface area contributed by atoms with Gasteiger partial charge >= 0.3 is 0 Å². The number of H-pyrrole nitrogens is 1. The topological polar surface area (TPSA) is 115 Å². The summed E-state index contributed by atoms with van der Waals surface area (Å²) in [6, 6.07) is 18.6. The summed E-state index contributed by atoms with van der Waals surface area (Å²) in [6.07, 6.45) is 2.66. The number of amides is 2. The molecule has 32 heavy (non-hydrogen) atoms. The van der Waals surface area contributed by atoms with E-state index in [0.717, 1.165) is 29.9 Å². The van der Waals surface area contributed by atoms with Crippen LogP contribution in [0.3, 0.4) is 0 Å². The molecule has 4 rings (SSSR count). The normalized spacial score (nSPS) is 12.7. The molecule has 1 aromatic heterocycles. The van der Waals surface area contributed by atoms with E-state index < -0.39 is 0 Å². The molecular formula is C24H24N6O2. The third-order valence-corrected chi connectivity index (χ3v) is 5.28. The van der Waals surface area contributed by atoms with Crippen molar-refractivity contribution in [3.63, 3.8) is 0 Å². The number of aromatic amines is 1. The van der Waals surface area contributed by atoms with Gasteiger partial charge in [0.05, 0.1) is 12.5 Å². The molecule has 3 aromatic rings. The lowest BCUT2D eigenvalue weighted by Gasteiger charge is -2.21. The van der Waals surface area contributed by atoms with Gasteiger partial charge in [0.1, 0.15) is 5.82 Å². The monoisotopic (exact) mass is 428 g/mol. The Labute approximate surface area is 186 Å². The summed E-state index contributed by atoms with van der Waals surface area (Å²) < 4.78 is 0. The van der Waals surface area contributed by atoms with Gasteiger partial charge in [0.2, 0.25) is 11.8 Å². The number of nitriles is 1. The molecule has 2 amide bonds. The summed E-state index contributed by atoms with van der Waals surface area (Å²) in [5, 5.41) is 19.0. The van der Waals surface area contributed by atoms with Crippen LogP contribution in [-0.4, -0.2) is 33.5 Å². The number of aromatic nitrogens is 3. The first-order valence-corrected chi connectivity index (χ1v) is 10.7. The highest BCUT2D eigenvalue weighted by Gasteiger charge is 2.27. The van der Waals surface area contributed by atoms with E-state index in [1.54, 1.807) is 17.0 Å². The Hall–Kier alpha value is -3.99. The predicted molar refractivity (Wildman–Crippen MR) is 121 cm³/mol. The largest absolute Gasteiger partial charge is 0.326 e. The van der Waals surface area contributed by atoms with Gasteiger partial charge in [-0.1, -0.05) is 18.2 Å². The minimum absolute atomic E-state index is 0.0577. The molecule has 1 saturated carbocycles. The number of nitrogens with one attached hydrogen (secondary N) is 2. The standard InChI is InChI=1S/C24H24N6O2/c25-15-4-16-30(20-5-2-1-3-6-20)22(32)14-13-21(31)26-19-11-9-18(10-12-19)24-27-23(28-29-24)17-7-8-17/h1-3,5-6,9-12,17H,4,7-8,13-14,16H2,(H,26,31)(H,27,28,29). The maximum atomic E-state index is 12.7. The second kappa shape index (κ2) is 9.88. The quantitative estimate of drug-likeness (QED) is 0.534. The average molecular weight is 428 g/mol. The molecule has 2 N–H and O–H groups in total. The maximum absolute atomic E-state index is 12.7. The molecule has 0 unspecified atom stereocenters. The molecule has 0 aliphatic heterocycles. The summed E-state index contributed by atoms with van der Waals surface area (Å²) in [6.45, 7) is 0.298. The van der Waals surface area contributed by atoms with Crippen molar-refractivity contribution in [2.45, 2.75) is 38.0 Å². The third-order valence-electron chi connectivity index (χ3n) is 5.28. The zero-order valence-electron chi connectivity index (χ0n) is 17.6. The molecule has 0 radical (unpaired) electrons. The van der Waals surface area contributed by atoms with E-state index in [0.29, 0.717) is 24.0 Å². The zero-order valence-corrected chi connectivity index (χ0v) is 17.6. The molecule has 2 aromatic carbocycles. The van der Waals surface area contributed by atoms with Gasteiger partial charge in [0.25, 0.3) is 0 Å². The van der Waals surface area contributed by atoms with Crippen molar-refractivity contribution < 1.29 is 9.59 Å². The van der Waals surface area contributed by atoms with Crippen LogP contribution in [0.2, 0.25) is 0 Å². The van der Waals surface area contributed by atoms with Gasteiger partial charge in [-0.3, -0.25) is 14.7 Å². The second-order valence-electron chi connectivity index (χ2n) is 7.73. The minimum Gasteiger partial charge on any atom is -0.326 e. The van der Waals surface area contributed by atoms with Crippen LogP contribution in [0, 0.1) is 11.3 Å². The van der Waals surface area contributed by atoms with E-state index >= 15 is 0 Å². The molecule has 1 heterocycles. The minimum atomic E-state index is -0.242. The van der Waals surface area contributed by atoms with Crippen LogP contribution in [0.4, 0.5) is 11.4 Å². The Morgan fingerprint density at radius 1 is 1.09 bits per heavy atom. The van der Waals surface area contributed by atoms with Gasteiger partial charge < -0.3 is 10.2 Å². The maximum Gasteiger partial charge on any atom is 0.227 e. The van der Waals surface area contributed by atoms with Crippen LogP contribution in [0.5, 0.6) is 0 Å². The highest BCUT2D eigenvalue weighted by molar-refractivity contribution is 5.98. The first-order chi connectivity index (χ1) is 15.6. The molecule has 0 atom stereocenters. The van der Waals surface area contributed by atoms with Gasteiger partial charge in [0, 0.05) is 42.2 Å². The van der Waals surface area contributed by atoms with Crippen LogP contribution in [0.25, 0.3) is 11.4 Å². The van der Waals surface area contributed by atoms with Crippen LogP contribution < -0.4 is 10.2 Å². The van der Waals surface area contributed by atoms with Gasteiger partial charge in [-0.15, -0.1) is 0 Å². The first-order valence-electron chi connectivity index (χ1n) is 10.7. The van der Waals surface area contributed by atoms with Crippen molar-refractivity contribution in [3.8, 4) is 17.5 Å². The molecule has 0 saturated heterocycles. The molecule has 162 valence electrons. The Morgan fingerprint density at radius 2 is 1.84 bits per heavy atom. The lowest BCUT2D eigenvalue weighted by Crippen LogP contribution is -2.32. The van der Waals surface area contributed by atoms with Crippen molar-refractivity contribution in [3.05, 3.63) is 60.4 Å². The molecule has 0 bridgehead atoms. The highest BCUT2D eigenvalue weighted by atomic mass is 16.2. The number of rotatable bonds is 9. The number of para-hydroxylation sites is 1. The number of hydrogen-bond acceptors (Lipinski definition) is 5. The molecular weight excluding hydrogens is 404 g/mol. The smallest absolute Gasteiger partial charge is 0.227 e. The summed E-state index contributed by atoms with van der Waals surface area (Å²) >= 11 is 0. The average Bonchev–Trinajstić information content (AvgIpc) is 3.56. The summed E-state index contributed by atoms with van der Waals surface area (Å²) in [7, 11) is 0. The van der Waals surface area contributed by atoms with E-state index in [1.165, 1.54) is 0 Å². The number of carbonyl (C=O) groups excluding carboxylic acids is 2. The van der Waals surface area contributed by atoms with E-state index in [4.69, 9.17) is 5.26 Å². The number of anilines is 2. The van der Waals surface area contributed by atoms with Crippen molar-refractivity contribution in [2.75, 3.05) is 16.8 Å². The summed E-state index contributed by atoms with van der Waals surface area (Å²) in [5.41, 5.74) is 2.24. The van der Waals surface area contributed by atoms with Crippen molar-refractivity contribution in [1.29, 1.82) is 5.26 Å². The number of hydrogen-bond donors (Lipinski definition) is 2. The van der Waals surface area contributed by atoms with Crippen LogP contribution in [0.1, 0.15) is 43.8 Å². The Morgan fingerprint density at radius 3 is 2.53 bits per heavy atom. The van der Waals surface area contributed by atoms with Gasteiger partial charge in [-0.2, -0.15) is 10.4 Å². The van der Waals surface area contributed by atoms with E-state index in [9.17, 15) is 9.59 Å². The van der Waals surface area contributed by atoms with Crippen LogP contribution in [0.15, 0.2) is 54.6 Å². The van der Waals surface area contributed by atoms with Gasteiger partial charge in [0.15, 0.2) is 5.82 Å². The fourth-order valence-electron chi connectivity index (χ4n) is 3.39. The van der Waals surface area contributed by atoms with Gasteiger partial charge in [-0.25, -0.2) is 4.98 Å². The molecule has 1 aliphatic carbocycles. The highest BCUT2D eigenvalue weighted by Crippen LogP contribution is 2.38.